The van der Waals surface area contributed by atoms with Crippen LogP contribution in [0.3, 0.4) is 0 Å². The maximum Gasteiger partial charge on any atom is -0.0159 e. The molecule has 0 aromatic heterocycles. The molecule has 1 aliphatic rings. The zero-order chi connectivity index (χ0) is 11.9. The van der Waals surface area contributed by atoms with E-state index in [1.165, 1.54) is 51.4 Å². The summed E-state index contributed by atoms with van der Waals surface area (Å²) in [5.74, 6) is 1.81. The van der Waals surface area contributed by atoms with Gasteiger partial charge in [0.05, 0.1) is 0 Å². The van der Waals surface area contributed by atoms with Crippen molar-refractivity contribution in [2.45, 2.75) is 64.2 Å². The van der Waals surface area contributed by atoms with E-state index >= 15 is 0 Å². The van der Waals surface area contributed by atoms with Gasteiger partial charge in [-0.3, -0.25) is 0 Å². The van der Waals surface area contributed by atoms with E-state index < -0.39 is 0 Å². The minimum atomic E-state index is 0.810. The van der Waals surface area contributed by atoms with Crippen molar-refractivity contribution in [3.8, 4) is 0 Å². The van der Waals surface area contributed by atoms with Crippen molar-refractivity contribution in [2.24, 2.45) is 5.92 Å². The Morgan fingerprint density at radius 1 is 1.06 bits per heavy atom. The van der Waals surface area contributed by atoms with Gasteiger partial charge < -0.3 is 0 Å². The van der Waals surface area contributed by atoms with Crippen LogP contribution < -0.4 is 0 Å². The smallest absolute Gasteiger partial charge is 0.0159 e. The van der Waals surface area contributed by atoms with E-state index in [-0.39, 0.29) is 0 Å². The second-order valence-corrected chi connectivity index (χ2v) is 5.64. The minimum absolute atomic E-state index is 0.810. The van der Waals surface area contributed by atoms with Gasteiger partial charge in [0, 0.05) is 0 Å². The van der Waals surface area contributed by atoms with Gasteiger partial charge in [0.25, 0.3) is 0 Å². The van der Waals surface area contributed by atoms with Gasteiger partial charge in [-0.2, -0.15) is 0 Å². The second kappa shape index (κ2) is 6.83. The van der Waals surface area contributed by atoms with E-state index in [1.54, 1.807) is 5.56 Å². The lowest BCUT2D eigenvalue weighted by atomic mass is 9.79. The summed E-state index contributed by atoms with van der Waals surface area (Å²) in [6.45, 7) is 2.32. The molecule has 1 aromatic rings. The molecule has 0 nitrogen and oxygen atoms in total. The van der Waals surface area contributed by atoms with E-state index in [2.05, 4.69) is 37.3 Å². The quantitative estimate of drug-likeness (QED) is 0.623. The topological polar surface area (TPSA) is 0 Å². The molecule has 1 aromatic carbocycles. The minimum Gasteiger partial charge on any atom is -0.0654 e. The molecule has 0 aliphatic heterocycles. The lowest BCUT2D eigenvalue weighted by molar-refractivity contribution is 0.311. The van der Waals surface area contributed by atoms with Crippen LogP contribution in [0.5, 0.6) is 0 Å². The van der Waals surface area contributed by atoms with Crippen molar-refractivity contribution < 1.29 is 0 Å². The van der Waals surface area contributed by atoms with Gasteiger partial charge in [-0.15, -0.1) is 0 Å². The van der Waals surface area contributed by atoms with Crippen molar-refractivity contribution in [3.05, 3.63) is 35.9 Å². The van der Waals surface area contributed by atoms with Crippen molar-refractivity contribution in [1.29, 1.82) is 0 Å². The molecule has 0 N–H and O–H groups in total. The Bertz CT molecular complexity index is 295. The van der Waals surface area contributed by atoms with Crippen LogP contribution in [0.1, 0.15) is 69.8 Å². The molecule has 94 valence electrons. The van der Waals surface area contributed by atoms with E-state index in [0.717, 1.165) is 11.8 Å². The van der Waals surface area contributed by atoms with Crippen LogP contribution in [0.25, 0.3) is 0 Å². The number of hydrogen-bond donors (Lipinski definition) is 0. The summed E-state index contributed by atoms with van der Waals surface area (Å²) in [6.07, 6.45) is 11.5. The predicted molar refractivity (Wildman–Crippen MR) is 75.3 cm³/mol. The van der Waals surface area contributed by atoms with Gasteiger partial charge in [-0.1, -0.05) is 75.8 Å². The van der Waals surface area contributed by atoms with Gasteiger partial charge in [-0.05, 0) is 30.2 Å². The van der Waals surface area contributed by atoms with Crippen LogP contribution in [-0.4, -0.2) is 0 Å². The third kappa shape index (κ3) is 3.87. The molecule has 17 heavy (non-hydrogen) atoms. The first kappa shape index (κ1) is 12.7. The van der Waals surface area contributed by atoms with Crippen LogP contribution >= 0.6 is 0 Å². The first-order valence-corrected chi connectivity index (χ1v) is 7.45. The van der Waals surface area contributed by atoms with E-state index in [4.69, 9.17) is 0 Å². The molecule has 1 aliphatic carbocycles. The van der Waals surface area contributed by atoms with Crippen molar-refractivity contribution in [1.82, 2.24) is 0 Å². The summed E-state index contributed by atoms with van der Waals surface area (Å²) in [5.41, 5.74) is 1.57. The normalized spacial score (nSPS) is 19.1. The fourth-order valence-electron chi connectivity index (χ4n) is 3.32. The standard InChI is InChI=1S/C17H26/c1-2-9-17(16-12-7-4-8-13-16)14-15-10-5-3-6-11-15/h4,7-8,12-13,15,17H,2-3,5-6,9-11,14H2,1H3. The highest BCUT2D eigenvalue weighted by atomic mass is 14.2. The predicted octanol–water partition coefficient (Wildman–Crippen LogP) is 5.54. The van der Waals surface area contributed by atoms with Gasteiger partial charge in [0.15, 0.2) is 0 Å². The summed E-state index contributed by atoms with van der Waals surface area (Å²) in [7, 11) is 0. The Kier molecular flexibility index (Phi) is 5.09. The highest BCUT2D eigenvalue weighted by molar-refractivity contribution is 5.19. The summed E-state index contributed by atoms with van der Waals surface area (Å²) in [4.78, 5) is 0. The lowest BCUT2D eigenvalue weighted by Gasteiger charge is -2.26. The van der Waals surface area contributed by atoms with Gasteiger partial charge >= 0.3 is 0 Å². The zero-order valence-electron chi connectivity index (χ0n) is 11.2. The highest BCUT2D eigenvalue weighted by Gasteiger charge is 2.19. The molecular weight excluding hydrogens is 204 g/mol. The molecule has 0 amide bonds. The zero-order valence-corrected chi connectivity index (χ0v) is 11.2. The van der Waals surface area contributed by atoms with Gasteiger partial charge in [0.1, 0.15) is 0 Å². The van der Waals surface area contributed by atoms with Crippen molar-refractivity contribution in [2.75, 3.05) is 0 Å². The molecule has 1 fully saturated rings. The molecule has 0 spiro atoms. The molecule has 2 rings (SSSR count). The first-order valence-electron chi connectivity index (χ1n) is 7.45. The monoisotopic (exact) mass is 230 g/mol. The summed E-state index contributed by atoms with van der Waals surface area (Å²) in [5, 5.41) is 0. The number of hydrogen-bond acceptors (Lipinski definition) is 0. The Balaban J connectivity index is 1.96. The van der Waals surface area contributed by atoms with E-state index in [0.29, 0.717) is 0 Å². The fraction of sp³-hybridized carbons (Fsp3) is 0.647. The molecule has 1 atom stereocenters. The third-order valence-electron chi connectivity index (χ3n) is 4.25. The molecule has 0 saturated heterocycles. The number of benzene rings is 1. The number of rotatable bonds is 5. The molecule has 0 radical (unpaired) electrons. The SMILES string of the molecule is CCCC(CC1CCCCC1)c1ccccc1. The van der Waals surface area contributed by atoms with Crippen LogP contribution in [0, 0.1) is 5.92 Å². The Labute approximate surface area is 106 Å². The lowest BCUT2D eigenvalue weighted by Crippen LogP contribution is -2.11. The summed E-state index contributed by atoms with van der Waals surface area (Å²) >= 11 is 0. The summed E-state index contributed by atoms with van der Waals surface area (Å²) in [6, 6.07) is 11.2. The largest absolute Gasteiger partial charge is 0.0654 e. The Morgan fingerprint density at radius 2 is 1.76 bits per heavy atom. The van der Waals surface area contributed by atoms with Crippen molar-refractivity contribution >= 4 is 0 Å². The molecule has 0 heteroatoms. The average Bonchev–Trinajstić information content (AvgIpc) is 2.40. The third-order valence-corrected chi connectivity index (χ3v) is 4.25. The van der Waals surface area contributed by atoms with Gasteiger partial charge in [-0.25, -0.2) is 0 Å². The van der Waals surface area contributed by atoms with Crippen LogP contribution in [-0.2, 0) is 0 Å². The van der Waals surface area contributed by atoms with E-state index in [1.807, 2.05) is 0 Å². The molecule has 0 bridgehead atoms. The van der Waals surface area contributed by atoms with E-state index in [9.17, 15) is 0 Å². The second-order valence-electron chi connectivity index (χ2n) is 5.64. The Hall–Kier alpha value is -0.780. The molecule has 1 unspecified atom stereocenters. The maximum atomic E-state index is 2.32. The Morgan fingerprint density at radius 3 is 2.41 bits per heavy atom. The van der Waals surface area contributed by atoms with Crippen molar-refractivity contribution in [3.63, 3.8) is 0 Å². The highest BCUT2D eigenvalue weighted by Crippen LogP contribution is 2.35. The molecule has 1 saturated carbocycles. The van der Waals surface area contributed by atoms with Crippen LogP contribution in [0.2, 0.25) is 0 Å². The average molecular weight is 230 g/mol. The summed E-state index contributed by atoms with van der Waals surface area (Å²) < 4.78 is 0. The molecule has 0 heterocycles. The van der Waals surface area contributed by atoms with Crippen LogP contribution in [0.4, 0.5) is 0 Å². The van der Waals surface area contributed by atoms with Crippen LogP contribution in [0.15, 0.2) is 30.3 Å². The van der Waals surface area contributed by atoms with Gasteiger partial charge in [0.2, 0.25) is 0 Å². The fourth-order valence-corrected chi connectivity index (χ4v) is 3.32. The molecular formula is C17H26. The maximum absolute atomic E-state index is 2.32. The first-order chi connectivity index (χ1) is 8.40.